The molecule has 29 heavy (non-hydrogen) atoms. The van der Waals surface area contributed by atoms with Gasteiger partial charge in [0.25, 0.3) is 5.91 Å². The lowest BCUT2D eigenvalue weighted by atomic mass is 9.96. The van der Waals surface area contributed by atoms with E-state index in [1.54, 1.807) is 18.2 Å². The van der Waals surface area contributed by atoms with Gasteiger partial charge in [0, 0.05) is 29.1 Å². The maximum atomic E-state index is 12.8. The minimum atomic E-state index is -4.30. The Hall–Kier alpha value is -1.86. The maximum absolute atomic E-state index is 12.8. The van der Waals surface area contributed by atoms with Crippen LogP contribution in [0.3, 0.4) is 0 Å². The van der Waals surface area contributed by atoms with Gasteiger partial charge < -0.3 is 5.32 Å². The van der Waals surface area contributed by atoms with Gasteiger partial charge in [0.1, 0.15) is 0 Å². The Balaban J connectivity index is 1.38. The summed E-state index contributed by atoms with van der Waals surface area (Å²) in [6.07, 6.45) is -0.443. The van der Waals surface area contributed by atoms with Crippen molar-refractivity contribution in [1.82, 2.24) is 10.2 Å². The Labute approximate surface area is 176 Å². The van der Waals surface area contributed by atoms with E-state index in [4.69, 9.17) is 0 Å². The summed E-state index contributed by atoms with van der Waals surface area (Å²) < 4.78 is 39.1. The average Bonchev–Trinajstić information content (AvgIpc) is 2.90. The highest BCUT2D eigenvalue weighted by atomic mass is 79.9. The molecule has 1 N–H and O–H groups in total. The number of fused-ring (bicyclic) bond motifs is 2. The number of alkyl halides is 3. The van der Waals surface area contributed by atoms with Crippen molar-refractivity contribution >= 4 is 21.8 Å². The summed E-state index contributed by atoms with van der Waals surface area (Å²) in [7, 11) is 0. The lowest BCUT2D eigenvalue weighted by Gasteiger charge is -2.39. The standard InChI is InChI=1S/C22H22BrF3N2O/c23-20-4-2-1-3-19(20)21(29)27-16-11-17-9-10-18(12-16)28(17)13-14-5-7-15(8-6-14)22(24,25)26/h1-8,16-18H,9-13H2,(H,27,29). The number of benzene rings is 2. The number of carbonyl (C=O) groups is 1. The topological polar surface area (TPSA) is 32.3 Å². The first kappa shape index (κ1) is 20.4. The first-order chi connectivity index (χ1) is 13.8. The number of piperidine rings is 1. The largest absolute Gasteiger partial charge is 0.416 e. The molecule has 2 fully saturated rings. The fourth-order valence-electron chi connectivity index (χ4n) is 4.57. The smallest absolute Gasteiger partial charge is 0.349 e. The van der Waals surface area contributed by atoms with Gasteiger partial charge in [0.05, 0.1) is 11.1 Å². The zero-order chi connectivity index (χ0) is 20.6. The predicted octanol–water partition coefficient (Wildman–Crippen LogP) is 5.39. The third-order valence-electron chi connectivity index (χ3n) is 5.98. The van der Waals surface area contributed by atoms with Gasteiger partial charge in [0.2, 0.25) is 0 Å². The van der Waals surface area contributed by atoms with Crippen LogP contribution in [0, 0.1) is 0 Å². The molecule has 7 heteroatoms. The summed E-state index contributed by atoms with van der Waals surface area (Å²) in [6.45, 7) is 0.651. The molecule has 2 aliphatic heterocycles. The second-order valence-corrected chi connectivity index (χ2v) is 8.73. The SMILES string of the molecule is O=C(NC1CC2CCC(C1)N2Cc1ccc(C(F)(F)F)cc1)c1ccccc1Br. The monoisotopic (exact) mass is 466 g/mol. The van der Waals surface area contributed by atoms with E-state index >= 15 is 0 Å². The molecule has 2 bridgehead atoms. The van der Waals surface area contributed by atoms with Gasteiger partial charge in [-0.25, -0.2) is 0 Å². The van der Waals surface area contributed by atoms with Crippen LogP contribution in [-0.2, 0) is 12.7 Å². The van der Waals surface area contributed by atoms with Crippen LogP contribution in [0.4, 0.5) is 13.2 Å². The summed E-state index contributed by atoms with van der Waals surface area (Å²) >= 11 is 3.42. The summed E-state index contributed by atoms with van der Waals surface area (Å²) in [5.41, 5.74) is 0.912. The molecule has 0 spiro atoms. The van der Waals surface area contributed by atoms with E-state index in [0.717, 1.165) is 47.9 Å². The molecule has 2 aliphatic rings. The molecule has 2 aromatic rings. The van der Waals surface area contributed by atoms with Crippen molar-refractivity contribution in [2.75, 3.05) is 0 Å². The van der Waals surface area contributed by atoms with E-state index in [9.17, 15) is 18.0 Å². The molecular weight excluding hydrogens is 445 g/mol. The Morgan fingerprint density at radius 1 is 1.03 bits per heavy atom. The van der Waals surface area contributed by atoms with Crippen LogP contribution in [0.5, 0.6) is 0 Å². The van der Waals surface area contributed by atoms with E-state index in [-0.39, 0.29) is 11.9 Å². The van der Waals surface area contributed by atoms with Crippen LogP contribution in [0.1, 0.15) is 47.2 Å². The molecule has 0 aromatic heterocycles. The molecule has 2 aromatic carbocycles. The molecular formula is C22H22BrF3N2O. The average molecular weight is 467 g/mol. The molecule has 0 radical (unpaired) electrons. The highest BCUT2D eigenvalue weighted by Crippen LogP contribution is 2.37. The maximum Gasteiger partial charge on any atom is 0.416 e. The van der Waals surface area contributed by atoms with Crippen molar-refractivity contribution in [2.45, 2.75) is 56.5 Å². The lowest BCUT2D eigenvalue weighted by Crippen LogP contribution is -2.50. The number of amides is 1. The quantitative estimate of drug-likeness (QED) is 0.654. The minimum absolute atomic E-state index is 0.0712. The summed E-state index contributed by atoms with van der Waals surface area (Å²) in [5, 5.41) is 3.16. The van der Waals surface area contributed by atoms with Gasteiger partial charge in [0.15, 0.2) is 0 Å². The number of carbonyl (C=O) groups excluding carboxylic acids is 1. The summed E-state index contributed by atoms with van der Waals surface area (Å²) in [6, 6.07) is 13.6. The lowest BCUT2D eigenvalue weighted by molar-refractivity contribution is -0.137. The minimum Gasteiger partial charge on any atom is -0.349 e. The molecule has 0 saturated carbocycles. The molecule has 154 valence electrons. The molecule has 2 atom stereocenters. The number of halogens is 4. The van der Waals surface area contributed by atoms with Crippen LogP contribution in [0.2, 0.25) is 0 Å². The van der Waals surface area contributed by atoms with E-state index in [1.165, 1.54) is 0 Å². The van der Waals surface area contributed by atoms with Crippen molar-refractivity contribution in [3.8, 4) is 0 Å². The number of rotatable bonds is 4. The van der Waals surface area contributed by atoms with Gasteiger partial charge >= 0.3 is 6.18 Å². The fourth-order valence-corrected chi connectivity index (χ4v) is 5.03. The van der Waals surface area contributed by atoms with E-state index in [0.29, 0.717) is 24.2 Å². The van der Waals surface area contributed by atoms with Crippen LogP contribution in [-0.4, -0.2) is 28.9 Å². The second kappa shape index (κ2) is 8.11. The molecule has 2 heterocycles. The first-order valence-corrected chi connectivity index (χ1v) is 10.6. The number of hydrogen-bond acceptors (Lipinski definition) is 2. The third kappa shape index (κ3) is 4.51. The van der Waals surface area contributed by atoms with Crippen LogP contribution < -0.4 is 5.32 Å². The molecule has 0 aliphatic carbocycles. The second-order valence-electron chi connectivity index (χ2n) is 7.87. The van der Waals surface area contributed by atoms with Gasteiger partial charge in [-0.15, -0.1) is 0 Å². The molecule has 4 rings (SSSR count). The molecule has 3 nitrogen and oxygen atoms in total. The number of nitrogens with zero attached hydrogens (tertiary/aromatic N) is 1. The Morgan fingerprint density at radius 3 is 2.24 bits per heavy atom. The molecule has 2 unspecified atom stereocenters. The van der Waals surface area contributed by atoms with Gasteiger partial charge in [-0.05, 0) is 71.4 Å². The van der Waals surface area contributed by atoms with Crippen molar-refractivity contribution in [1.29, 1.82) is 0 Å². The van der Waals surface area contributed by atoms with Crippen molar-refractivity contribution in [2.24, 2.45) is 0 Å². The summed E-state index contributed by atoms with van der Waals surface area (Å²) in [5.74, 6) is -0.0712. The van der Waals surface area contributed by atoms with Crippen molar-refractivity contribution in [3.05, 3.63) is 69.7 Å². The van der Waals surface area contributed by atoms with Crippen molar-refractivity contribution in [3.63, 3.8) is 0 Å². The number of hydrogen-bond donors (Lipinski definition) is 1. The van der Waals surface area contributed by atoms with Crippen LogP contribution >= 0.6 is 15.9 Å². The normalized spacial score (nSPS) is 24.5. The van der Waals surface area contributed by atoms with Gasteiger partial charge in [-0.2, -0.15) is 13.2 Å². The third-order valence-corrected chi connectivity index (χ3v) is 6.68. The Morgan fingerprint density at radius 2 is 1.66 bits per heavy atom. The molecule has 1 amide bonds. The Bertz CT molecular complexity index is 870. The zero-order valence-corrected chi connectivity index (χ0v) is 17.3. The van der Waals surface area contributed by atoms with Crippen LogP contribution in [0.15, 0.2) is 53.0 Å². The fraction of sp³-hybridized carbons (Fsp3) is 0.409. The molecule has 2 saturated heterocycles. The van der Waals surface area contributed by atoms with Crippen LogP contribution in [0.25, 0.3) is 0 Å². The van der Waals surface area contributed by atoms with E-state index in [1.807, 2.05) is 18.2 Å². The highest BCUT2D eigenvalue weighted by molar-refractivity contribution is 9.10. The zero-order valence-electron chi connectivity index (χ0n) is 15.8. The summed E-state index contributed by atoms with van der Waals surface area (Å²) in [4.78, 5) is 15.0. The Kier molecular flexibility index (Phi) is 5.71. The highest BCUT2D eigenvalue weighted by Gasteiger charge is 2.41. The van der Waals surface area contributed by atoms with E-state index in [2.05, 4.69) is 26.1 Å². The van der Waals surface area contributed by atoms with Crippen molar-refractivity contribution < 1.29 is 18.0 Å². The van der Waals surface area contributed by atoms with E-state index < -0.39 is 11.7 Å². The van der Waals surface area contributed by atoms with Gasteiger partial charge in [-0.3, -0.25) is 9.69 Å². The first-order valence-electron chi connectivity index (χ1n) is 9.78. The number of nitrogens with one attached hydrogen (secondary N) is 1. The van der Waals surface area contributed by atoms with Gasteiger partial charge in [-0.1, -0.05) is 24.3 Å². The predicted molar refractivity (Wildman–Crippen MR) is 108 cm³/mol.